The molecule has 1 aromatic carbocycles. The van der Waals surface area contributed by atoms with Gasteiger partial charge in [-0.1, -0.05) is 35.5 Å². The van der Waals surface area contributed by atoms with E-state index in [1.807, 2.05) is 42.1 Å². The normalized spacial score (nSPS) is 26.5. The summed E-state index contributed by atoms with van der Waals surface area (Å²) >= 11 is 1.93. The Morgan fingerprint density at radius 2 is 1.91 bits per heavy atom. The van der Waals surface area contributed by atoms with Gasteiger partial charge in [0.15, 0.2) is 11.5 Å². The summed E-state index contributed by atoms with van der Waals surface area (Å²) in [4.78, 5) is 15.0. The van der Waals surface area contributed by atoms with Crippen molar-refractivity contribution in [2.45, 2.75) is 43.0 Å². The predicted molar refractivity (Wildman–Crippen MR) is 91.5 cm³/mol. The molecule has 1 aromatic heterocycles. The second-order valence-electron chi connectivity index (χ2n) is 6.37. The zero-order valence-corrected chi connectivity index (χ0v) is 14.0. The van der Waals surface area contributed by atoms with Crippen molar-refractivity contribution in [2.75, 3.05) is 6.26 Å². The molecular weight excluding hydrogens is 308 g/mol. The van der Waals surface area contributed by atoms with Crippen LogP contribution >= 0.6 is 11.8 Å². The number of piperidine rings is 1. The summed E-state index contributed by atoms with van der Waals surface area (Å²) in [6, 6.07) is 12.3. The van der Waals surface area contributed by atoms with E-state index < -0.39 is 0 Å². The lowest BCUT2D eigenvalue weighted by molar-refractivity contribution is 0.0591. The summed E-state index contributed by atoms with van der Waals surface area (Å²) < 4.78 is 5.39. The van der Waals surface area contributed by atoms with Gasteiger partial charge < -0.3 is 9.42 Å². The number of benzene rings is 1. The monoisotopic (exact) mass is 328 g/mol. The van der Waals surface area contributed by atoms with Crippen molar-refractivity contribution < 1.29 is 9.32 Å². The van der Waals surface area contributed by atoms with E-state index >= 15 is 0 Å². The highest BCUT2D eigenvalue weighted by molar-refractivity contribution is 7.99. The van der Waals surface area contributed by atoms with Gasteiger partial charge in [-0.15, -0.1) is 0 Å². The topological polar surface area (TPSA) is 46.3 Å². The molecule has 0 saturated carbocycles. The fourth-order valence-electron chi connectivity index (χ4n) is 3.90. The van der Waals surface area contributed by atoms with Gasteiger partial charge >= 0.3 is 0 Å². The number of carbonyl (C=O) groups is 1. The van der Waals surface area contributed by atoms with Gasteiger partial charge in [-0.25, -0.2) is 0 Å². The molecule has 4 nitrogen and oxygen atoms in total. The van der Waals surface area contributed by atoms with E-state index in [9.17, 15) is 4.79 Å². The van der Waals surface area contributed by atoms with Gasteiger partial charge in [-0.05, 0) is 31.9 Å². The van der Waals surface area contributed by atoms with E-state index in [0.717, 1.165) is 31.2 Å². The standard InChI is InChI=1S/C18H20N2O2S/c1-23-15-9-13-7-8-14(10-15)20(13)18(21)16-11-17(22-19-16)12-5-3-2-4-6-12/h2-6,11,13-15H,7-10H2,1H3. The molecule has 2 fully saturated rings. The van der Waals surface area contributed by atoms with E-state index in [1.165, 1.54) is 0 Å². The number of carbonyl (C=O) groups excluding carboxylic acids is 1. The van der Waals surface area contributed by atoms with Crippen LogP contribution in [0.2, 0.25) is 0 Å². The SMILES string of the molecule is CSC1CC2CCC(C1)N2C(=O)c1cc(-c2ccccc2)on1. The minimum Gasteiger partial charge on any atom is -0.355 e. The van der Waals surface area contributed by atoms with Crippen LogP contribution in [0.3, 0.4) is 0 Å². The van der Waals surface area contributed by atoms with Crippen molar-refractivity contribution in [2.24, 2.45) is 0 Å². The van der Waals surface area contributed by atoms with Gasteiger partial charge in [-0.3, -0.25) is 4.79 Å². The van der Waals surface area contributed by atoms with Gasteiger partial charge in [0, 0.05) is 29.0 Å². The first-order valence-corrected chi connectivity index (χ1v) is 9.42. The summed E-state index contributed by atoms with van der Waals surface area (Å²) in [6.45, 7) is 0. The Hall–Kier alpha value is -1.75. The molecule has 5 heteroatoms. The molecule has 0 radical (unpaired) electrons. The van der Waals surface area contributed by atoms with E-state index in [-0.39, 0.29) is 5.91 Å². The molecule has 23 heavy (non-hydrogen) atoms. The molecule has 2 bridgehead atoms. The molecule has 0 aliphatic carbocycles. The molecule has 2 aliphatic rings. The van der Waals surface area contributed by atoms with Gasteiger partial charge in [-0.2, -0.15) is 11.8 Å². The predicted octanol–water partition coefficient (Wildman–Crippen LogP) is 3.84. The Kier molecular flexibility index (Phi) is 3.89. The first-order valence-electron chi connectivity index (χ1n) is 8.14. The highest BCUT2D eigenvalue weighted by atomic mass is 32.2. The second-order valence-corrected chi connectivity index (χ2v) is 7.51. The van der Waals surface area contributed by atoms with E-state index in [1.54, 1.807) is 6.07 Å². The van der Waals surface area contributed by atoms with Crippen LogP contribution in [0.25, 0.3) is 11.3 Å². The van der Waals surface area contributed by atoms with Crippen molar-refractivity contribution in [3.05, 3.63) is 42.1 Å². The molecule has 0 spiro atoms. The Bertz CT molecular complexity index is 686. The van der Waals surface area contributed by atoms with Crippen LogP contribution in [0.4, 0.5) is 0 Å². The smallest absolute Gasteiger partial charge is 0.276 e. The number of hydrogen-bond acceptors (Lipinski definition) is 4. The molecule has 2 aliphatic heterocycles. The summed E-state index contributed by atoms with van der Waals surface area (Å²) in [5, 5.41) is 4.72. The average Bonchev–Trinajstić information content (AvgIpc) is 3.18. The van der Waals surface area contributed by atoms with Crippen molar-refractivity contribution in [3.63, 3.8) is 0 Å². The fourth-order valence-corrected chi connectivity index (χ4v) is 4.73. The third kappa shape index (κ3) is 2.67. The van der Waals surface area contributed by atoms with Crippen LogP contribution in [0.1, 0.15) is 36.2 Å². The maximum atomic E-state index is 12.9. The van der Waals surface area contributed by atoms with E-state index in [4.69, 9.17) is 4.52 Å². The lowest BCUT2D eigenvalue weighted by Crippen LogP contribution is -2.47. The van der Waals surface area contributed by atoms with E-state index in [0.29, 0.717) is 28.8 Å². The zero-order chi connectivity index (χ0) is 15.8. The van der Waals surface area contributed by atoms with Crippen LogP contribution in [-0.4, -0.2) is 39.6 Å². The highest BCUT2D eigenvalue weighted by Gasteiger charge is 2.43. The minimum absolute atomic E-state index is 0.0305. The van der Waals surface area contributed by atoms with Gasteiger partial charge in [0.25, 0.3) is 5.91 Å². The lowest BCUT2D eigenvalue weighted by Gasteiger charge is -2.38. The quantitative estimate of drug-likeness (QED) is 0.859. The average molecular weight is 328 g/mol. The molecule has 120 valence electrons. The van der Waals surface area contributed by atoms with Crippen molar-refractivity contribution in [1.29, 1.82) is 0 Å². The van der Waals surface area contributed by atoms with Crippen LogP contribution in [0.5, 0.6) is 0 Å². The summed E-state index contributed by atoms with van der Waals surface area (Å²) in [7, 11) is 0. The van der Waals surface area contributed by atoms with E-state index in [2.05, 4.69) is 16.3 Å². The Labute approximate surface area is 140 Å². The Morgan fingerprint density at radius 1 is 1.22 bits per heavy atom. The zero-order valence-electron chi connectivity index (χ0n) is 13.1. The van der Waals surface area contributed by atoms with Gasteiger partial charge in [0.2, 0.25) is 0 Å². The molecule has 2 aromatic rings. The van der Waals surface area contributed by atoms with Gasteiger partial charge in [0.1, 0.15) is 0 Å². The van der Waals surface area contributed by atoms with Crippen LogP contribution in [-0.2, 0) is 0 Å². The minimum atomic E-state index is 0.0305. The fraction of sp³-hybridized carbons (Fsp3) is 0.444. The Balaban J connectivity index is 1.55. The molecule has 2 unspecified atom stereocenters. The number of hydrogen-bond donors (Lipinski definition) is 0. The molecular formula is C18H20N2O2S. The maximum absolute atomic E-state index is 12.9. The lowest BCUT2D eigenvalue weighted by atomic mass is 10.0. The summed E-state index contributed by atoms with van der Waals surface area (Å²) in [5.41, 5.74) is 1.38. The number of nitrogens with zero attached hydrogens (tertiary/aromatic N) is 2. The largest absolute Gasteiger partial charge is 0.355 e. The second kappa shape index (κ2) is 6.04. The Morgan fingerprint density at radius 3 is 2.57 bits per heavy atom. The molecule has 2 atom stereocenters. The number of aromatic nitrogens is 1. The maximum Gasteiger partial charge on any atom is 0.276 e. The van der Waals surface area contributed by atoms with Gasteiger partial charge in [0.05, 0.1) is 0 Å². The van der Waals surface area contributed by atoms with Crippen molar-refractivity contribution in [3.8, 4) is 11.3 Å². The number of fused-ring (bicyclic) bond motifs is 2. The van der Waals surface area contributed by atoms with Crippen molar-refractivity contribution >= 4 is 17.7 Å². The molecule has 4 rings (SSSR count). The van der Waals surface area contributed by atoms with Crippen LogP contribution in [0.15, 0.2) is 40.9 Å². The number of amides is 1. The first kappa shape index (κ1) is 14.8. The molecule has 3 heterocycles. The summed E-state index contributed by atoms with van der Waals surface area (Å²) in [5.74, 6) is 0.684. The molecule has 2 saturated heterocycles. The summed E-state index contributed by atoms with van der Waals surface area (Å²) in [6.07, 6.45) is 6.62. The first-order chi connectivity index (χ1) is 11.3. The third-order valence-corrected chi connectivity index (χ3v) is 6.10. The van der Waals surface area contributed by atoms with Crippen molar-refractivity contribution in [1.82, 2.24) is 10.1 Å². The van der Waals surface area contributed by atoms with Crippen LogP contribution in [0, 0.1) is 0 Å². The highest BCUT2D eigenvalue weighted by Crippen LogP contribution is 2.40. The number of thioether (sulfide) groups is 1. The number of rotatable bonds is 3. The van der Waals surface area contributed by atoms with Crippen LogP contribution < -0.4 is 0 Å². The molecule has 0 N–H and O–H groups in total. The third-order valence-electron chi connectivity index (χ3n) is 5.05. The molecule has 1 amide bonds.